The van der Waals surface area contributed by atoms with Gasteiger partial charge in [0.05, 0.1) is 17.0 Å². The van der Waals surface area contributed by atoms with Crippen molar-refractivity contribution in [3.8, 4) is 0 Å². The van der Waals surface area contributed by atoms with Crippen LogP contribution < -0.4 is 10.6 Å². The SMILES string of the molecule is CCNc1c(F)cccc1C(=O)NCCS(=O)(=O)CC. The number of hydrogen-bond acceptors (Lipinski definition) is 4. The molecule has 0 radical (unpaired) electrons. The van der Waals surface area contributed by atoms with Crippen molar-refractivity contribution in [2.45, 2.75) is 13.8 Å². The maximum atomic E-state index is 13.6. The average Bonchev–Trinajstić information content (AvgIpc) is 2.41. The first-order chi connectivity index (χ1) is 9.41. The molecule has 1 amide bonds. The molecule has 7 heteroatoms. The van der Waals surface area contributed by atoms with E-state index in [4.69, 9.17) is 0 Å². The predicted octanol–water partition coefficient (Wildman–Crippen LogP) is 1.42. The number of carbonyl (C=O) groups excluding carboxylic acids is 1. The summed E-state index contributed by atoms with van der Waals surface area (Å²) in [7, 11) is -3.13. The van der Waals surface area contributed by atoms with Crippen molar-refractivity contribution in [1.29, 1.82) is 0 Å². The lowest BCUT2D eigenvalue weighted by Gasteiger charge is -2.12. The molecule has 0 saturated carbocycles. The number of rotatable bonds is 7. The molecule has 112 valence electrons. The van der Waals surface area contributed by atoms with Gasteiger partial charge in [0.15, 0.2) is 9.84 Å². The van der Waals surface area contributed by atoms with Gasteiger partial charge >= 0.3 is 0 Å². The minimum absolute atomic E-state index is 0.0110. The highest BCUT2D eigenvalue weighted by Gasteiger charge is 2.15. The monoisotopic (exact) mass is 302 g/mol. The van der Waals surface area contributed by atoms with Crippen molar-refractivity contribution in [3.63, 3.8) is 0 Å². The zero-order valence-electron chi connectivity index (χ0n) is 11.6. The van der Waals surface area contributed by atoms with Gasteiger partial charge in [0.25, 0.3) is 5.91 Å². The number of para-hydroxylation sites is 1. The van der Waals surface area contributed by atoms with Crippen LogP contribution in [0.2, 0.25) is 0 Å². The van der Waals surface area contributed by atoms with Crippen molar-refractivity contribution < 1.29 is 17.6 Å². The Morgan fingerprint density at radius 3 is 2.60 bits per heavy atom. The van der Waals surface area contributed by atoms with Gasteiger partial charge in [-0.25, -0.2) is 12.8 Å². The standard InChI is InChI=1S/C13H19FN2O3S/c1-3-15-12-10(6-5-7-11(12)14)13(17)16-8-9-20(18,19)4-2/h5-7,15H,3-4,8-9H2,1-2H3,(H,16,17). The Morgan fingerprint density at radius 2 is 2.00 bits per heavy atom. The van der Waals surface area contributed by atoms with Gasteiger partial charge in [-0.2, -0.15) is 0 Å². The van der Waals surface area contributed by atoms with Crippen LogP contribution in [0.4, 0.5) is 10.1 Å². The summed E-state index contributed by atoms with van der Waals surface area (Å²) in [5.74, 6) is -1.10. The fourth-order valence-corrected chi connectivity index (χ4v) is 2.33. The van der Waals surface area contributed by atoms with E-state index in [1.807, 2.05) is 0 Å². The highest BCUT2D eigenvalue weighted by Crippen LogP contribution is 2.19. The van der Waals surface area contributed by atoms with E-state index in [-0.39, 0.29) is 29.3 Å². The summed E-state index contributed by atoms with van der Waals surface area (Å²) in [5.41, 5.74) is 0.298. The van der Waals surface area contributed by atoms with Crippen molar-refractivity contribution in [3.05, 3.63) is 29.6 Å². The predicted molar refractivity (Wildman–Crippen MR) is 77.2 cm³/mol. The summed E-state index contributed by atoms with van der Waals surface area (Å²) in [6.45, 7) is 3.83. The summed E-state index contributed by atoms with van der Waals surface area (Å²) < 4.78 is 36.3. The molecule has 0 spiro atoms. The number of hydrogen-bond donors (Lipinski definition) is 2. The maximum absolute atomic E-state index is 13.6. The highest BCUT2D eigenvalue weighted by molar-refractivity contribution is 7.91. The molecule has 0 atom stereocenters. The summed E-state index contributed by atoms with van der Waals surface area (Å²) in [6.07, 6.45) is 0. The molecule has 0 bridgehead atoms. The molecule has 1 aromatic carbocycles. The molecule has 0 unspecified atom stereocenters. The van der Waals surface area contributed by atoms with Crippen LogP contribution in [0, 0.1) is 5.82 Å². The van der Waals surface area contributed by atoms with Gasteiger partial charge in [0.1, 0.15) is 5.82 Å². The van der Waals surface area contributed by atoms with Crippen molar-refractivity contribution in [1.82, 2.24) is 5.32 Å². The van der Waals surface area contributed by atoms with Gasteiger partial charge in [-0.1, -0.05) is 13.0 Å². The van der Waals surface area contributed by atoms with Gasteiger partial charge in [-0.05, 0) is 19.1 Å². The quantitative estimate of drug-likeness (QED) is 0.799. The number of halogens is 1. The van der Waals surface area contributed by atoms with Gasteiger partial charge in [-0.3, -0.25) is 4.79 Å². The van der Waals surface area contributed by atoms with Gasteiger partial charge in [0.2, 0.25) is 0 Å². The second-order valence-corrected chi connectivity index (χ2v) is 6.66. The van der Waals surface area contributed by atoms with Crippen LogP contribution in [0.25, 0.3) is 0 Å². The van der Waals surface area contributed by atoms with Gasteiger partial charge in [0, 0.05) is 18.8 Å². The van der Waals surface area contributed by atoms with Gasteiger partial charge < -0.3 is 10.6 Å². The Kier molecular flexibility index (Phi) is 5.94. The Labute approximate surface area is 118 Å². The fraction of sp³-hybridized carbons (Fsp3) is 0.462. The summed E-state index contributed by atoms with van der Waals surface area (Å²) in [5, 5.41) is 5.28. The Morgan fingerprint density at radius 1 is 1.30 bits per heavy atom. The van der Waals surface area contributed by atoms with Gasteiger partial charge in [-0.15, -0.1) is 0 Å². The molecule has 0 aliphatic heterocycles. The zero-order chi connectivity index (χ0) is 15.2. The molecule has 0 aliphatic rings. The number of anilines is 1. The molecular formula is C13H19FN2O3S. The molecule has 0 saturated heterocycles. The van der Waals surface area contributed by atoms with E-state index in [0.29, 0.717) is 6.54 Å². The number of nitrogens with one attached hydrogen (secondary N) is 2. The normalized spacial score (nSPS) is 11.2. The molecule has 0 aliphatic carbocycles. The van der Waals surface area contributed by atoms with Crippen LogP contribution in [-0.2, 0) is 9.84 Å². The number of carbonyl (C=O) groups is 1. The van der Waals surface area contributed by atoms with E-state index in [1.165, 1.54) is 18.2 Å². The average molecular weight is 302 g/mol. The number of amides is 1. The Hall–Kier alpha value is -1.63. The largest absolute Gasteiger partial charge is 0.382 e. The molecule has 0 heterocycles. The van der Waals surface area contributed by atoms with Crippen LogP contribution in [0.1, 0.15) is 24.2 Å². The highest BCUT2D eigenvalue weighted by atomic mass is 32.2. The summed E-state index contributed by atoms with van der Waals surface area (Å²) >= 11 is 0. The Balaban J connectivity index is 2.75. The van der Waals surface area contributed by atoms with E-state index >= 15 is 0 Å². The molecule has 2 N–H and O–H groups in total. The van der Waals surface area contributed by atoms with E-state index in [0.717, 1.165) is 0 Å². The van der Waals surface area contributed by atoms with Crippen LogP contribution >= 0.6 is 0 Å². The topological polar surface area (TPSA) is 75.3 Å². The van der Waals surface area contributed by atoms with E-state index in [1.54, 1.807) is 13.8 Å². The maximum Gasteiger partial charge on any atom is 0.253 e. The first-order valence-corrected chi connectivity index (χ1v) is 8.24. The first-order valence-electron chi connectivity index (χ1n) is 6.42. The lowest BCUT2D eigenvalue weighted by Crippen LogP contribution is -2.30. The van der Waals surface area contributed by atoms with E-state index < -0.39 is 21.6 Å². The number of benzene rings is 1. The van der Waals surface area contributed by atoms with Crippen LogP contribution in [0.3, 0.4) is 0 Å². The third-order valence-corrected chi connectivity index (χ3v) is 4.46. The second kappa shape index (κ2) is 7.23. The van der Waals surface area contributed by atoms with Crippen LogP contribution in [0.15, 0.2) is 18.2 Å². The molecule has 20 heavy (non-hydrogen) atoms. The molecule has 0 fully saturated rings. The zero-order valence-corrected chi connectivity index (χ0v) is 12.4. The van der Waals surface area contributed by atoms with E-state index in [9.17, 15) is 17.6 Å². The van der Waals surface area contributed by atoms with Crippen molar-refractivity contribution in [2.24, 2.45) is 0 Å². The fourth-order valence-electron chi connectivity index (χ4n) is 1.63. The van der Waals surface area contributed by atoms with E-state index in [2.05, 4.69) is 10.6 Å². The van der Waals surface area contributed by atoms with Crippen LogP contribution in [0.5, 0.6) is 0 Å². The third kappa shape index (κ3) is 4.48. The second-order valence-electron chi connectivity index (χ2n) is 4.18. The van der Waals surface area contributed by atoms with Crippen LogP contribution in [-0.4, -0.2) is 38.9 Å². The lowest BCUT2D eigenvalue weighted by molar-refractivity contribution is 0.0956. The lowest BCUT2D eigenvalue weighted by atomic mass is 10.1. The van der Waals surface area contributed by atoms with Crippen molar-refractivity contribution in [2.75, 3.05) is 29.9 Å². The minimum Gasteiger partial charge on any atom is -0.382 e. The van der Waals surface area contributed by atoms with Crippen molar-refractivity contribution >= 4 is 21.4 Å². The molecule has 1 rings (SSSR count). The molecule has 0 aromatic heterocycles. The molecule has 1 aromatic rings. The number of sulfone groups is 1. The Bertz CT molecular complexity index is 573. The third-order valence-electron chi connectivity index (χ3n) is 2.75. The molecular weight excluding hydrogens is 283 g/mol. The minimum atomic E-state index is -3.13. The summed E-state index contributed by atoms with van der Waals surface area (Å²) in [6, 6.07) is 4.19. The molecule has 5 nitrogen and oxygen atoms in total. The first kappa shape index (κ1) is 16.4. The smallest absolute Gasteiger partial charge is 0.253 e. The summed E-state index contributed by atoms with van der Waals surface area (Å²) in [4.78, 5) is 12.0.